The minimum absolute atomic E-state index is 0.101. The monoisotopic (exact) mass is 232 g/mol. The maximum Gasteiger partial charge on any atom is 0.366 e. The number of hydrogen-bond acceptors (Lipinski definition) is 3. The van der Waals surface area contributed by atoms with Gasteiger partial charge < -0.3 is 15.6 Å². The van der Waals surface area contributed by atoms with Crippen molar-refractivity contribution in [2.45, 2.75) is 45.6 Å². The summed E-state index contributed by atoms with van der Waals surface area (Å²) in [7, 11) is 0. The van der Waals surface area contributed by atoms with E-state index >= 15 is 0 Å². The molecule has 5 heteroatoms. The smallest absolute Gasteiger partial charge is 0.366 e. The van der Waals surface area contributed by atoms with Crippen LogP contribution in [0.1, 0.15) is 39.5 Å². The zero-order valence-electron chi connectivity index (χ0n) is 10.1. The number of ether oxygens (including phenoxy) is 1. The van der Waals surface area contributed by atoms with Gasteiger partial charge >= 0.3 is 11.9 Å². The van der Waals surface area contributed by atoms with E-state index in [9.17, 15) is 9.59 Å². The van der Waals surface area contributed by atoms with Gasteiger partial charge in [-0.15, -0.1) is 0 Å². The molecule has 0 aliphatic heterocycles. The first-order valence-corrected chi connectivity index (χ1v) is 5.75. The highest BCUT2D eigenvalue weighted by Crippen LogP contribution is 2.15. The van der Waals surface area contributed by atoms with E-state index in [0.717, 1.165) is 25.7 Å². The Labute approximate surface area is 96.0 Å². The number of hydrogen-bond donors (Lipinski definition) is 2. The lowest BCUT2D eigenvalue weighted by Gasteiger charge is -2.14. The Hall–Kier alpha value is -1.10. The van der Waals surface area contributed by atoms with Gasteiger partial charge in [-0.1, -0.05) is 26.7 Å². The Morgan fingerprint density at radius 3 is 2.12 bits per heavy atom. The van der Waals surface area contributed by atoms with Gasteiger partial charge in [0.15, 0.2) is 6.61 Å². The molecule has 0 fully saturated rings. The van der Waals surface area contributed by atoms with Gasteiger partial charge in [0.25, 0.3) is 0 Å². The van der Waals surface area contributed by atoms with Gasteiger partial charge in [0.2, 0.25) is 6.04 Å². The first-order valence-electron chi connectivity index (χ1n) is 5.75. The van der Waals surface area contributed by atoms with Crippen molar-refractivity contribution in [1.82, 2.24) is 0 Å². The van der Waals surface area contributed by atoms with Crippen molar-refractivity contribution in [3.63, 3.8) is 0 Å². The summed E-state index contributed by atoms with van der Waals surface area (Å²) >= 11 is 0. The van der Waals surface area contributed by atoms with Crippen LogP contribution in [0.3, 0.4) is 0 Å². The molecule has 0 radical (unpaired) electrons. The van der Waals surface area contributed by atoms with Crippen molar-refractivity contribution in [1.29, 1.82) is 0 Å². The second kappa shape index (κ2) is 8.10. The van der Waals surface area contributed by atoms with Gasteiger partial charge in [0.1, 0.15) is 0 Å². The van der Waals surface area contributed by atoms with Crippen molar-refractivity contribution >= 4 is 11.9 Å². The fraction of sp³-hybridized carbons (Fsp3) is 0.818. The summed E-state index contributed by atoms with van der Waals surface area (Å²) in [5.74, 6) is -1.44. The minimum Gasteiger partial charge on any atom is -0.477 e. The number of rotatable bonds is 8. The van der Waals surface area contributed by atoms with Gasteiger partial charge in [0, 0.05) is 0 Å². The van der Waals surface area contributed by atoms with Crippen LogP contribution in [-0.2, 0) is 14.3 Å². The number of carboxylic acid groups (broad SMARTS) is 1. The van der Waals surface area contributed by atoms with Crippen LogP contribution < -0.4 is 5.73 Å². The molecule has 0 amide bonds. The summed E-state index contributed by atoms with van der Waals surface area (Å²) in [6.07, 6.45) is 3.43. The van der Waals surface area contributed by atoms with Gasteiger partial charge in [0.05, 0.1) is 5.92 Å². The van der Waals surface area contributed by atoms with Crippen LogP contribution in [0, 0.1) is 5.92 Å². The predicted octanol–water partition coefficient (Wildman–Crippen LogP) is 0.441. The van der Waals surface area contributed by atoms with Crippen molar-refractivity contribution in [2.75, 3.05) is 6.61 Å². The SMILES string of the molecule is CCCC(CCC)C(=O)OCC([NH3+])C(=O)O. The third-order valence-electron chi connectivity index (χ3n) is 2.38. The van der Waals surface area contributed by atoms with Crippen LogP contribution in [0.2, 0.25) is 0 Å². The zero-order valence-corrected chi connectivity index (χ0v) is 10.1. The largest absolute Gasteiger partial charge is 0.477 e. The summed E-state index contributed by atoms with van der Waals surface area (Å²) in [6, 6.07) is -0.882. The molecular weight excluding hydrogens is 210 g/mol. The summed E-state index contributed by atoms with van der Waals surface area (Å²) in [5.41, 5.74) is 3.38. The standard InChI is InChI=1S/C11H21NO4/c1-3-5-8(6-4-2)11(15)16-7-9(12)10(13)14/h8-9H,3-7,12H2,1-2H3,(H,13,14)/p+1. The molecule has 0 aromatic heterocycles. The molecule has 94 valence electrons. The van der Waals surface area contributed by atoms with Crippen LogP contribution in [0.4, 0.5) is 0 Å². The lowest BCUT2D eigenvalue weighted by atomic mass is 9.99. The molecule has 1 unspecified atom stereocenters. The maximum atomic E-state index is 11.6. The molecule has 0 aromatic rings. The van der Waals surface area contributed by atoms with Crippen LogP contribution in [-0.4, -0.2) is 29.7 Å². The van der Waals surface area contributed by atoms with E-state index in [1.54, 1.807) is 0 Å². The van der Waals surface area contributed by atoms with Crippen LogP contribution >= 0.6 is 0 Å². The summed E-state index contributed by atoms with van der Waals surface area (Å²) < 4.78 is 4.95. The molecule has 0 aliphatic rings. The molecule has 0 spiro atoms. The Balaban J connectivity index is 4.04. The summed E-state index contributed by atoms with van der Waals surface area (Å²) in [4.78, 5) is 22.1. The van der Waals surface area contributed by atoms with E-state index in [1.807, 2.05) is 13.8 Å². The topological polar surface area (TPSA) is 91.2 Å². The van der Waals surface area contributed by atoms with Crippen LogP contribution in [0.15, 0.2) is 0 Å². The normalized spacial score (nSPS) is 12.5. The first kappa shape index (κ1) is 14.9. The number of carboxylic acids is 1. The average Bonchev–Trinajstić information content (AvgIpc) is 2.24. The third kappa shape index (κ3) is 5.70. The molecule has 0 rings (SSSR count). The number of carbonyl (C=O) groups excluding carboxylic acids is 1. The molecule has 5 nitrogen and oxygen atoms in total. The highest BCUT2D eigenvalue weighted by atomic mass is 16.5. The number of carbonyl (C=O) groups is 2. The molecule has 0 bridgehead atoms. The lowest BCUT2D eigenvalue weighted by molar-refractivity contribution is -0.412. The molecule has 16 heavy (non-hydrogen) atoms. The van der Waals surface area contributed by atoms with E-state index in [2.05, 4.69) is 5.73 Å². The Kier molecular flexibility index (Phi) is 7.54. The first-order chi connectivity index (χ1) is 7.52. The number of aliphatic carboxylic acids is 1. The average molecular weight is 232 g/mol. The molecular formula is C11H22NO4+. The minimum atomic E-state index is -1.05. The molecule has 1 atom stereocenters. The Bertz CT molecular complexity index is 224. The van der Waals surface area contributed by atoms with E-state index in [0.29, 0.717) is 0 Å². The quantitative estimate of drug-likeness (QED) is 0.594. The summed E-state index contributed by atoms with van der Waals surface area (Å²) in [6.45, 7) is 3.88. The number of esters is 1. The highest BCUT2D eigenvalue weighted by Gasteiger charge is 2.22. The predicted molar refractivity (Wildman–Crippen MR) is 58.6 cm³/mol. The van der Waals surface area contributed by atoms with E-state index in [4.69, 9.17) is 9.84 Å². The maximum absolute atomic E-state index is 11.6. The van der Waals surface area contributed by atoms with E-state index < -0.39 is 12.0 Å². The fourth-order valence-electron chi connectivity index (χ4n) is 1.45. The number of quaternary nitrogens is 1. The van der Waals surface area contributed by atoms with Crippen LogP contribution in [0.5, 0.6) is 0 Å². The Morgan fingerprint density at radius 1 is 1.25 bits per heavy atom. The molecule has 0 heterocycles. The third-order valence-corrected chi connectivity index (χ3v) is 2.38. The van der Waals surface area contributed by atoms with E-state index in [1.165, 1.54) is 0 Å². The van der Waals surface area contributed by atoms with Crippen molar-refractivity contribution in [3.8, 4) is 0 Å². The molecule has 4 N–H and O–H groups in total. The van der Waals surface area contributed by atoms with Gasteiger partial charge in [-0.05, 0) is 12.8 Å². The highest BCUT2D eigenvalue weighted by molar-refractivity contribution is 5.74. The molecule has 0 aliphatic carbocycles. The fourth-order valence-corrected chi connectivity index (χ4v) is 1.45. The van der Waals surface area contributed by atoms with E-state index in [-0.39, 0.29) is 18.5 Å². The lowest BCUT2D eigenvalue weighted by Crippen LogP contribution is -2.67. The van der Waals surface area contributed by atoms with Crippen LogP contribution in [0.25, 0.3) is 0 Å². The molecule has 0 saturated heterocycles. The van der Waals surface area contributed by atoms with Gasteiger partial charge in [-0.25, -0.2) is 4.79 Å². The summed E-state index contributed by atoms with van der Waals surface area (Å²) in [5, 5.41) is 8.59. The van der Waals surface area contributed by atoms with Gasteiger partial charge in [-0.3, -0.25) is 4.79 Å². The van der Waals surface area contributed by atoms with Gasteiger partial charge in [-0.2, -0.15) is 0 Å². The second-order valence-corrected chi connectivity index (χ2v) is 3.94. The Morgan fingerprint density at radius 2 is 1.75 bits per heavy atom. The zero-order chi connectivity index (χ0) is 12.6. The van der Waals surface area contributed by atoms with Crippen molar-refractivity contribution in [3.05, 3.63) is 0 Å². The second-order valence-electron chi connectivity index (χ2n) is 3.94. The van der Waals surface area contributed by atoms with Crippen molar-refractivity contribution < 1.29 is 25.2 Å². The molecule has 0 aromatic carbocycles. The molecule has 0 saturated carbocycles. The van der Waals surface area contributed by atoms with Crippen molar-refractivity contribution in [2.24, 2.45) is 5.92 Å².